The van der Waals surface area contributed by atoms with Crippen LogP contribution in [0.25, 0.3) is 0 Å². The number of nitrogens with one attached hydrogen (secondary N) is 1. The molecule has 0 aliphatic rings. The van der Waals surface area contributed by atoms with Crippen molar-refractivity contribution in [2.75, 3.05) is 25.2 Å². The minimum absolute atomic E-state index is 0.0555. The van der Waals surface area contributed by atoms with Gasteiger partial charge in [0, 0.05) is 24.7 Å². The first-order valence-corrected chi connectivity index (χ1v) is 10.3. The Morgan fingerprint density at radius 2 is 1.72 bits per heavy atom. The van der Waals surface area contributed by atoms with E-state index < -0.39 is 18.0 Å². The predicted molar refractivity (Wildman–Crippen MR) is 115 cm³/mol. The molecule has 0 radical (unpaired) electrons. The molecule has 0 saturated heterocycles. The minimum Gasteiger partial charge on any atom is -0.449 e. The fourth-order valence-electron chi connectivity index (χ4n) is 2.37. The number of aryl methyl sites for hydroxylation is 1. The molecule has 0 heterocycles. The topological polar surface area (TPSA) is 75.7 Å². The van der Waals surface area contributed by atoms with Crippen molar-refractivity contribution in [1.29, 1.82) is 0 Å². The predicted octanol–water partition coefficient (Wildman–Crippen LogP) is 3.61. The monoisotopic (exact) mass is 414 g/mol. The van der Waals surface area contributed by atoms with Crippen LogP contribution >= 0.6 is 11.8 Å². The van der Waals surface area contributed by atoms with Crippen LogP contribution < -0.4 is 5.32 Å². The smallest absolute Gasteiger partial charge is 0.340 e. The highest BCUT2D eigenvalue weighted by atomic mass is 32.2. The maximum absolute atomic E-state index is 12.6. The number of carbonyl (C=O) groups excluding carboxylic acids is 3. The van der Waals surface area contributed by atoms with Gasteiger partial charge in [0.15, 0.2) is 6.10 Å². The zero-order valence-corrected chi connectivity index (χ0v) is 17.9. The lowest BCUT2D eigenvalue weighted by Crippen LogP contribution is -2.30. The van der Waals surface area contributed by atoms with Gasteiger partial charge in [0.2, 0.25) is 5.91 Å². The highest BCUT2D eigenvalue weighted by Crippen LogP contribution is 2.24. The normalized spacial score (nSPS) is 11.4. The first-order valence-electron chi connectivity index (χ1n) is 9.34. The molecular formula is C22H26N2O4S. The largest absolute Gasteiger partial charge is 0.449 e. The summed E-state index contributed by atoms with van der Waals surface area (Å²) in [6.07, 6.45) is -0.0467. The van der Waals surface area contributed by atoms with Gasteiger partial charge < -0.3 is 15.0 Å². The molecule has 7 heteroatoms. The maximum atomic E-state index is 12.6. The number of amides is 2. The molecule has 2 amide bonds. The number of thioether (sulfide) groups is 1. The van der Waals surface area contributed by atoms with E-state index in [4.69, 9.17) is 4.74 Å². The van der Waals surface area contributed by atoms with Crippen molar-refractivity contribution in [3.8, 4) is 0 Å². The Labute approximate surface area is 175 Å². The molecule has 2 aromatic carbocycles. The molecule has 1 N–H and O–H groups in total. The fourth-order valence-corrected chi connectivity index (χ4v) is 3.39. The van der Waals surface area contributed by atoms with Crippen molar-refractivity contribution in [1.82, 2.24) is 4.90 Å². The Bertz CT molecular complexity index is 865. The van der Waals surface area contributed by atoms with Gasteiger partial charge in [-0.05, 0) is 43.2 Å². The Balaban J connectivity index is 1.99. The molecule has 154 valence electrons. The zero-order valence-electron chi connectivity index (χ0n) is 17.1. The summed E-state index contributed by atoms with van der Waals surface area (Å²) in [5.74, 6) is -0.855. The molecule has 2 aromatic rings. The third-order valence-corrected chi connectivity index (χ3v) is 5.30. The summed E-state index contributed by atoms with van der Waals surface area (Å²) in [5, 5.41) is 2.75. The lowest BCUT2D eigenvalue weighted by Gasteiger charge is -2.15. The number of carbonyl (C=O) groups is 3. The second kappa shape index (κ2) is 10.7. The van der Waals surface area contributed by atoms with Gasteiger partial charge in [0.1, 0.15) is 0 Å². The second-order valence-electron chi connectivity index (χ2n) is 6.66. The van der Waals surface area contributed by atoms with E-state index in [1.807, 2.05) is 24.3 Å². The van der Waals surface area contributed by atoms with Crippen LogP contribution in [0, 0.1) is 0 Å². The first kappa shape index (κ1) is 22.5. The molecule has 0 fully saturated rings. The van der Waals surface area contributed by atoms with Gasteiger partial charge in [-0.25, -0.2) is 4.79 Å². The third-order valence-electron chi connectivity index (χ3n) is 4.24. The fraction of sp³-hybridized carbons (Fsp3) is 0.318. The molecule has 0 saturated carbocycles. The van der Waals surface area contributed by atoms with Crippen LogP contribution in [-0.4, -0.2) is 48.6 Å². The summed E-state index contributed by atoms with van der Waals surface area (Å²) in [7, 11) is 3.36. The average Bonchev–Trinajstić information content (AvgIpc) is 2.72. The van der Waals surface area contributed by atoms with Crippen LogP contribution in [0.3, 0.4) is 0 Å². The summed E-state index contributed by atoms with van der Waals surface area (Å²) in [4.78, 5) is 38.9. The van der Waals surface area contributed by atoms with Crippen LogP contribution in [-0.2, 0) is 20.7 Å². The van der Waals surface area contributed by atoms with Gasteiger partial charge in [-0.2, -0.15) is 0 Å². The number of hydrogen-bond donors (Lipinski definition) is 1. The lowest BCUT2D eigenvalue weighted by atomic mass is 10.1. The van der Waals surface area contributed by atoms with Crippen LogP contribution in [0.5, 0.6) is 0 Å². The van der Waals surface area contributed by atoms with Crippen LogP contribution in [0.4, 0.5) is 5.69 Å². The summed E-state index contributed by atoms with van der Waals surface area (Å²) in [6.45, 7) is 3.58. The standard InChI is InChI=1S/C22H26N2O4S/c1-5-16-10-12-17(13-11-16)23-21(26)15(2)28-22(27)18-8-6-7-9-19(18)29-14-20(25)24(3)4/h6-13,15H,5,14H2,1-4H3,(H,23,26)/t15-/m0/s1. The van der Waals surface area contributed by atoms with Crippen molar-refractivity contribution >= 4 is 35.2 Å². The van der Waals surface area contributed by atoms with E-state index in [9.17, 15) is 14.4 Å². The number of rotatable bonds is 8. The molecule has 0 bridgehead atoms. The van der Waals surface area contributed by atoms with E-state index in [1.54, 1.807) is 38.4 Å². The molecule has 1 atom stereocenters. The number of esters is 1. The third kappa shape index (κ3) is 6.64. The van der Waals surface area contributed by atoms with Crippen molar-refractivity contribution in [2.24, 2.45) is 0 Å². The number of ether oxygens (including phenoxy) is 1. The van der Waals surface area contributed by atoms with Crippen molar-refractivity contribution in [3.05, 3.63) is 59.7 Å². The molecule has 0 aliphatic heterocycles. The van der Waals surface area contributed by atoms with Crippen molar-refractivity contribution in [2.45, 2.75) is 31.3 Å². The van der Waals surface area contributed by atoms with Gasteiger partial charge >= 0.3 is 5.97 Å². The van der Waals surface area contributed by atoms with Crippen LogP contribution in [0.2, 0.25) is 0 Å². The van der Waals surface area contributed by atoms with E-state index >= 15 is 0 Å². The van der Waals surface area contributed by atoms with E-state index in [0.29, 0.717) is 16.1 Å². The molecule has 6 nitrogen and oxygen atoms in total. The maximum Gasteiger partial charge on any atom is 0.340 e. The van der Waals surface area contributed by atoms with E-state index in [-0.39, 0.29) is 11.7 Å². The lowest BCUT2D eigenvalue weighted by molar-refractivity contribution is -0.126. The molecule has 0 spiro atoms. The average molecular weight is 415 g/mol. The number of nitrogens with zero attached hydrogens (tertiary/aromatic N) is 1. The van der Waals surface area contributed by atoms with E-state index in [0.717, 1.165) is 6.42 Å². The van der Waals surface area contributed by atoms with Crippen LogP contribution in [0.1, 0.15) is 29.8 Å². The SMILES string of the molecule is CCc1ccc(NC(=O)[C@H](C)OC(=O)c2ccccc2SCC(=O)N(C)C)cc1. The van der Waals surface area contributed by atoms with Gasteiger partial charge in [0.05, 0.1) is 11.3 Å². The Hall–Kier alpha value is -2.80. The van der Waals surface area contributed by atoms with Crippen molar-refractivity contribution in [3.63, 3.8) is 0 Å². The molecule has 2 rings (SSSR count). The summed E-state index contributed by atoms with van der Waals surface area (Å²) >= 11 is 1.26. The Kier molecular flexibility index (Phi) is 8.27. The minimum atomic E-state index is -0.963. The molecule has 0 aromatic heterocycles. The molecule has 0 unspecified atom stereocenters. The van der Waals surface area contributed by atoms with Crippen LogP contribution in [0.15, 0.2) is 53.4 Å². The van der Waals surface area contributed by atoms with Gasteiger partial charge in [-0.1, -0.05) is 31.2 Å². The molecular weight excluding hydrogens is 388 g/mol. The zero-order chi connectivity index (χ0) is 21.4. The van der Waals surface area contributed by atoms with E-state index in [2.05, 4.69) is 12.2 Å². The molecule has 0 aliphatic carbocycles. The first-order chi connectivity index (χ1) is 13.8. The highest BCUT2D eigenvalue weighted by Gasteiger charge is 2.21. The van der Waals surface area contributed by atoms with Gasteiger partial charge in [0.25, 0.3) is 5.91 Å². The Morgan fingerprint density at radius 1 is 1.07 bits per heavy atom. The van der Waals surface area contributed by atoms with E-state index in [1.165, 1.54) is 29.1 Å². The summed E-state index contributed by atoms with van der Waals surface area (Å²) in [5.41, 5.74) is 2.15. The molecule has 29 heavy (non-hydrogen) atoms. The van der Waals surface area contributed by atoms with Crippen molar-refractivity contribution < 1.29 is 19.1 Å². The number of benzene rings is 2. The highest BCUT2D eigenvalue weighted by molar-refractivity contribution is 8.00. The summed E-state index contributed by atoms with van der Waals surface area (Å²) < 4.78 is 5.35. The number of anilines is 1. The second-order valence-corrected chi connectivity index (χ2v) is 7.68. The quantitative estimate of drug-likeness (QED) is 0.527. The number of hydrogen-bond acceptors (Lipinski definition) is 5. The van der Waals surface area contributed by atoms with Gasteiger partial charge in [-0.15, -0.1) is 11.8 Å². The van der Waals surface area contributed by atoms with Gasteiger partial charge in [-0.3, -0.25) is 9.59 Å². The summed E-state index contributed by atoms with van der Waals surface area (Å²) in [6, 6.07) is 14.4. The Morgan fingerprint density at radius 3 is 2.34 bits per heavy atom.